The summed E-state index contributed by atoms with van der Waals surface area (Å²) >= 11 is 0. The van der Waals surface area contributed by atoms with E-state index in [9.17, 15) is 9.59 Å². The average molecular weight is 361 g/mol. The number of piperidine rings is 1. The molecule has 1 atom stereocenters. The van der Waals surface area contributed by atoms with Crippen LogP contribution in [0.3, 0.4) is 0 Å². The molecular formula is C20H32N4O2. The molecule has 1 aromatic rings. The molecule has 3 heterocycles. The highest BCUT2D eigenvalue weighted by molar-refractivity contribution is 6.01. The van der Waals surface area contributed by atoms with Crippen molar-refractivity contribution in [3.63, 3.8) is 0 Å². The van der Waals surface area contributed by atoms with Crippen LogP contribution in [0.2, 0.25) is 0 Å². The van der Waals surface area contributed by atoms with Crippen LogP contribution in [-0.2, 0) is 4.79 Å². The summed E-state index contributed by atoms with van der Waals surface area (Å²) in [5.41, 5.74) is 1.71. The molecule has 1 unspecified atom stereocenters. The minimum absolute atomic E-state index is 0.0175. The van der Waals surface area contributed by atoms with E-state index >= 15 is 0 Å². The van der Waals surface area contributed by atoms with Crippen molar-refractivity contribution in [2.75, 3.05) is 19.6 Å². The van der Waals surface area contributed by atoms with Crippen molar-refractivity contribution >= 4 is 11.8 Å². The van der Waals surface area contributed by atoms with E-state index in [1.54, 1.807) is 0 Å². The third-order valence-electron chi connectivity index (χ3n) is 5.96. The number of amides is 2. The second-order valence-electron chi connectivity index (χ2n) is 8.07. The SMILES string of the molecule is CCCN1CCCC2(CCCN2C(=O)c2c(C)nn(C(C)C)c2C)C1=O. The van der Waals surface area contributed by atoms with Crippen LogP contribution in [0.25, 0.3) is 0 Å². The smallest absolute Gasteiger partial charge is 0.258 e. The van der Waals surface area contributed by atoms with Crippen molar-refractivity contribution in [3.05, 3.63) is 17.0 Å². The van der Waals surface area contributed by atoms with Gasteiger partial charge >= 0.3 is 0 Å². The Balaban J connectivity index is 1.96. The Bertz CT molecular complexity index is 707. The Morgan fingerprint density at radius 3 is 2.42 bits per heavy atom. The zero-order chi connectivity index (χ0) is 19.1. The van der Waals surface area contributed by atoms with E-state index in [1.807, 2.05) is 28.3 Å². The van der Waals surface area contributed by atoms with E-state index in [-0.39, 0.29) is 17.9 Å². The average Bonchev–Trinajstić information content (AvgIpc) is 3.13. The van der Waals surface area contributed by atoms with Crippen molar-refractivity contribution in [1.82, 2.24) is 19.6 Å². The molecule has 1 aromatic heterocycles. The lowest BCUT2D eigenvalue weighted by Crippen LogP contribution is -2.61. The van der Waals surface area contributed by atoms with Gasteiger partial charge in [0.05, 0.1) is 11.3 Å². The Hall–Kier alpha value is -1.85. The maximum absolute atomic E-state index is 13.5. The fraction of sp³-hybridized carbons (Fsp3) is 0.750. The zero-order valence-electron chi connectivity index (χ0n) is 16.8. The predicted molar refractivity (Wildman–Crippen MR) is 101 cm³/mol. The highest BCUT2D eigenvalue weighted by atomic mass is 16.2. The summed E-state index contributed by atoms with van der Waals surface area (Å²) in [6.07, 6.45) is 4.39. The Kier molecular flexibility index (Phi) is 5.13. The molecular weight excluding hydrogens is 328 g/mol. The number of nitrogens with zero attached hydrogens (tertiary/aromatic N) is 4. The summed E-state index contributed by atoms with van der Waals surface area (Å²) in [7, 11) is 0. The molecule has 0 bridgehead atoms. The second kappa shape index (κ2) is 7.05. The molecule has 2 aliphatic heterocycles. The lowest BCUT2D eigenvalue weighted by molar-refractivity contribution is -0.145. The van der Waals surface area contributed by atoms with Gasteiger partial charge in [0.15, 0.2) is 0 Å². The monoisotopic (exact) mass is 360 g/mol. The van der Waals surface area contributed by atoms with Gasteiger partial charge in [0.25, 0.3) is 5.91 Å². The van der Waals surface area contributed by atoms with Gasteiger partial charge in [-0.2, -0.15) is 5.10 Å². The second-order valence-corrected chi connectivity index (χ2v) is 8.07. The molecule has 0 aromatic carbocycles. The molecule has 0 radical (unpaired) electrons. The van der Waals surface area contributed by atoms with Gasteiger partial charge in [0.2, 0.25) is 5.91 Å². The number of hydrogen-bond donors (Lipinski definition) is 0. The Morgan fingerprint density at radius 1 is 1.19 bits per heavy atom. The molecule has 2 saturated heterocycles. The molecule has 6 nitrogen and oxygen atoms in total. The van der Waals surface area contributed by atoms with E-state index in [0.29, 0.717) is 12.1 Å². The minimum Gasteiger partial charge on any atom is -0.341 e. The molecule has 2 aliphatic rings. The normalized spacial score (nSPS) is 23.5. The van der Waals surface area contributed by atoms with E-state index < -0.39 is 5.54 Å². The highest BCUT2D eigenvalue weighted by Crippen LogP contribution is 2.39. The summed E-state index contributed by atoms with van der Waals surface area (Å²) in [5.74, 6) is 0.138. The van der Waals surface area contributed by atoms with Crippen LogP contribution in [0.15, 0.2) is 0 Å². The predicted octanol–water partition coefficient (Wildman–Crippen LogP) is 3.09. The van der Waals surface area contributed by atoms with Gasteiger partial charge in [-0.05, 0) is 59.8 Å². The van der Waals surface area contributed by atoms with E-state index in [1.165, 1.54) is 0 Å². The molecule has 2 fully saturated rings. The van der Waals surface area contributed by atoms with Gasteiger partial charge in [0.1, 0.15) is 5.54 Å². The third kappa shape index (κ3) is 2.83. The van der Waals surface area contributed by atoms with Crippen LogP contribution >= 0.6 is 0 Å². The number of rotatable bonds is 4. The van der Waals surface area contributed by atoms with Crippen molar-refractivity contribution in [3.8, 4) is 0 Å². The van der Waals surface area contributed by atoms with Crippen LogP contribution in [-0.4, -0.2) is 56.6 Å². The fourth-order valence-electron chi connectivity index (χ4n) is 4.82. The van der Waals surface area contributed by atoms with Crippen LogP contribution < -0.4 is 0 Å². The Morgan fingerprint density at radius 2 is 1.85 bits per heavy atom. The van der Waals surface area contributed by atoms with Gasteiger partial charge in [-0.1, -0.05) is 6.92 Å². The number of carbonyl (C=O) groups excluding carboxylic acids is 2. The van der Waals surface area contributed by atoms with E-state index in [0.717, 1.165) is 56.6 Å². The third-order valence-corrected chi connectivity index (χ3v) is 5.96. The van der Waals surface area contributed by atoms with Gasteiger partial charge < -0.3 is 9.80 Å². The highest BCUT2D eigenvalue weighted by Gasteiger charge is 2.53. The molecule has 3 rings (SSSR count). The van der Waals surface area contributed by atoms with Crippen LogP contribution in [0, 0.1) is 13.8 Å². The summed E-state index contributed by atoms with van der Waals surface area (Å²) in [4.78, 5) is 30.6. The van der Waals surface area contributed by atoms with Gasteiger partial charge in [0, 0.05) is 31.4 Å². The summed E-state index contributed by atoms with van der Waals surface area (Å²) in [6.45, 7) is 12.4. The molecule has 0 aliphatic carbocycles. The first-order chi connectivity index (χ1) is 12.3. The Labute approximate surface area is 156 Å². The standard InChI is InChI=1S/C20H32N4O2/c1-6-11-22-12-7-9-20(19(22)26)10-8-13-23(20)18(25)17-15(4)21-24(14(2)3)16(17)5/h14H,6-13H2,1-5H3. The molecule has 144 valence electrons. The maximum atomic E-state index is 13.5. The van der Waals surface area contributed by atoms with Crippen molar-refractivity contribution < 1.29 is 9.59 Å². The minimum atomic E-state index is -0.636. The largest absolute Gasteiger partial charge is 0.341 e. The van der Waals surface area contributed by atoms with Crippen molar-refractivity contribution in [2.24, 2.45) is 0 Å². The summed E-state index contributed by atoms with van der Waals surface area (Å²) < 4.78 is 1.91. The van der Waals surface area contributed by atoms with Gasteiger partial charge in [-0.15, -0.1) is 0 Å². The lowest BCUT2D eigenvalue weighted by Gasteiger charge is -2.44. The first-order valence-electron chi connectivity index (χ1n) is 10.0. The van der Waals surface area contributed by atoms with Gasteiger partial charge in [-0.25, -0.2) is 0 Å². The number of likely N-dealkylation sites (tertiary alicyclic amines) is 2. The molecule has 0 N–H and O–H groups in total. The van der Waals surface area contributed by atoms with Gasteiger partial charge in [-0.3, -0.25) is 14.3 Å². The van der Waals surface area contributed by atoms with Crippen LogP contribution in [0.4, 0.5) is 0 Å². The number of carbonyl (C=O) groups is 2. The van der Waals surface area contributed by atoms with Crippen molar-refractivity contribution in [1.29, 1.82) is 0 Å². The number of aromatic nitrogens is 2. The fourth-order valence-corrected chi connectivity index (χ4v) is 4.82. The molecule has 2 amide bonds. The van der Waals surface area contributed by atoms with Crippen LogP contribution in [0.5, 0.6) is 0 Å². The number of hydrogen-bond acceptors (Lipinski definition) is 3. The quantitative estimate of drug-likeness (QED) is 0.829. The number of aryl methyl sites for hydroxylation is 1. The summed E-state index contributed by atoms with van der Waals surface area (Å²) in [5, 5.41) is 4.57. The van der Waals surface area contributed by atoms with E-state index in [2.05, 4.69) is 25.9 Å². The first kappa shape index (κ1) is 18.9. The summed E-state index contributed by atoms with van der Waals surface area (Å²) in [6, 6.07) is 0.208. The first-order valence-corrected chi connectivity index (χ1v) is 10.0. The molecule has 26 heavy (non-hydrogen) atoms. The molecule has 0 saturated carbocycles. The van der Waals surface area contributed by atoms with Crippen LogP contribution in [0.1, 0.15) is 80.7 Å². The molecule has 6 heteroatoms. The topological polar surface area (TPSA) is 58.4 Å². The zero-order valence-corrected chi connectivity index (χ0v) is 16.8. The maximum Gasteiger partial charge on any atom is 0.258 e. The molecule has 1 spiro atoms. The lowest BCUT2D eigenvalue weighted by atomic mass is 9.85. The van der Waals surface area contributed by atoms with E-state index in [4.69, 9.17) is 0 Å². The van der Waals surface area contributed by atoms with Crippen molar-refractivity contribution in [2.45, 2.75) is 78.3 Å².